The van der Waals surface area contributed by atoms with Crippen molar-refractivity contribution in [3.63, 3.8) is 0 Å². The number of hydrogen-bond donors (Lipinski definition) is 3. The van der Waals surface area contributed by atoms with Gasteiger partial charge in [0.05, 0.1) is 6.10 Å². The van der Waals surface area contributed by atoms with Crippen molar-refractivity contribution in [2.45, 2.75) is 71.9 Å². The molecule has 1 unspecified atom stereocenters. The van der Waals surface area contributed by atoms with Crippen LogP contribution in [0, 0.1) is 34.5 Å². The van der Waals surface area contributed by atoms with E-state index in [-0.39, 0.29) is 34.8 Å². The van der Waals surface area contributed by atoms with Gasteiger partial charge in [0.15, 0.2) is 0 Å². The molecule has 0 aliphatic heterocycles. The van der Waals surface area contributed by atoms with Crippen molar-refractivity contribution in [2.75, 3.05) is 0 Å². The fourth-order valence-electron chi connectivity index (χ4n) is 7.22. The summed E-state index contributed by atoms with van der Waals surface area (Å²) in [6.07, 6.45) is 10.8. The van der Waals surface area contributed by atoms with E-state index in [1.54, 1.807) is 13.8 Å². The lowest BCUT2D eigenvalue weighted by Crippen LogP contribution is -2.63. The summed E-state index contributed by atoms with van der Waals surface area (Å²) in [5.74, 6) is 1.35. The lowest BCUT2D eigenvalue weighted by Gasteiger charge is -2.62. The quantitative estimate of drug-likeness (QED) is 0.639. The molecule has 28 heavy (non-hydrogen) atoms. The smallest absolute Gasteiger partial charge is 0.221 e. The lowest BCUT2D eigenvalue weighted by atomic mass is 9.44. The van der Waals surface area contributed by atoms with Gasteiger partial charge in [-0.25, -0.2) is 0 Å². The summed E-state index contributed by atoms with van der Waals surface area (Å²) < 4.78 is 0. The summed E-state index contributed by atoms with van der Waals surface area (Å²) in [6.45, 7) is 7.72. The van der Waals surface area contributed by atoms with E-state index in [0.717, 1.165) is 37.8 Å². The summed E-state index contributed by atoms with van der Waals surface area (Å²) in [4.78, 5) is 23.8. The molecule has 0 aromatic carbocycles. The van der Waals surface area contributed by atoms with Crippen LogP contribution in [-0.4, -0.2) is 29.1 Å². The Morgan fingerprint density at radius 3 is 2.57 bits per heavy atom. The second kappa shape index (κ2) is 6.72. The van der Waals surface area contributed by atoms with Crippen molar-refractivity contribution in [2.24, 2.45) is 34.5 Å². The van der Waals surface area contributed by atoms with Crippen LogP contribution in [0.2, 0.25) is 0 Å². The van der Waals surface area contributed by atoms with Crippen LogP contribution >= 0.6 is 0 Å². The largest absolute Gasteiger partial charge is 0.392 e. The minimum absolute atomic E-state index is 0.0165. The van der Waals surface area contributed by atoms with Gasteiger partial charge in [-0.15, -0.1) is 0 Å². The van der Waals surface area contributed by atoms with Gasteiger partial charge in [0.1, 0.15) is 0 Å². The predicted octanol–water partition coefficient (Wildman–Crippen LogP) is 2.91. The van der Waals surface area contributed by atoms with Crippen LogP contribution in [0.25, 0.3) is 0 Å². The number of hydrogen-bond acceptors (Lipinski definition) is 3. The van der Waals surface area contributed by atoms with Gasteiger partial charge in [0.25, 0.3) is 0 Å². The number of carbonyl (C=O) groups is 2. The van der Waals surface area contributed by atoms with E-state index in [1.807, 2.05) is 0 Å². The van der Waals surface area contributed by atoms with Crippen molar-refractivity contribution < 1.29 is 14.7 Å². The van der Waals surface area contributed by atoms with Crippen LogP contribution in [0.3, 0.4) is 0 Å². The molecule has 3 N–H and O–H groups in total. The fourth-order valence-corrected chi connectivity index (χ4v) is 7.22. The van der Waals surface area contributed by atoms with E-state index in [0.29, 0.717) is 23.7 Å². The van der Waals surface area contributed by atoms with Gasteiger partial charge in [-0.2, -0.15) is 0 Å². The first-order valence-corrected chi connectivity index (χ1v) is 10.8. The Morgan fingerprint density at radius 1 is 1.14 bits per heavy atom. The van der Waals surface area contributed by atoms with Crippen LogP contribution in [0.1, 0.15) is 59.8 Å². The molecule has 2 amide bonds. The summed E-state index contributed by atoms with van der Waals surface area (Å²) >= 11 is 0. The molecule has 4 rings (SSSR count). The molecule has 8 atom stereocenters. The molecular weight excluding hydrogens is 352 g/mol. The average Bonchev–Trinajstić information content (AvgIpc) is 2.92. The SMILES string of the molecule is CC(=O)NC1=CC[C@H]2[C@@H]3[C@@H](NC(C)=O)C[C@@H]4C=CCC(O)[C@]4(C)[C@H]3CC[C@]12C. The van der Waals surface area contributed by atoms with Gasteiger partial charge in [-0.1, -0.05) is 32.1 Å². The van der Waals surface area contributed by atoms with E-state index in [2.05, 4.69) is 42.7 Å². The number of aliphatic hydroxyl groups excluding tert-OH is 1. The number of allylic oxidation sites excluding steroid dienone is 3. The molecule has 0 aromatic heterocycles. The summed E-state index contributed by atoms with van der Waals surface area (Å²) in [5.41, 5.74) is 0.843. The topological polar surface area (TPSA) is 78.4 Å². The number of aliphatic hydroxyl groups is 1. The first kappa shape index (κ1) is 19.7. The molecule has 154 valence electrons. The van der Waals surface area contributed by atoms with Crippen LogP contribution in [-0.2, 0) is 9.59 Å². The number of fused-ring (bicyclic) bond motifs is 5. The van der Waals surface area contributed by atoms with Crippen molar-refractivity contribution in [3.05, 3.63) is 23.9 Å². The number of carbonyl (C=O) groups excluding carboxylic acids is 2. The summed E-state index contributed by atoms with van der Waals surface area (Å²) in [6, 6.07) is 0.116. The van der Waals surface area contributed by atoms with E-state index in [9.17, 15) is 14.7 Å². The maximum atomic E-state index is 12.0. The molecular formula is C23H34N2O3. The fraction of sp³-hybridized carbons (Fsp3) is 0.739. The maximum Gasteiger partial charge on any atom is 0.221 e. The zero-order valence-corrected chi connectivity index (χ0v) is 17.5. The standard InChI is InChI=1S/C23H34N2O3/c1-13(26)24-18-12-15-6-5-7-20(28)23(15,4)17-10-11-22(3)16(21(17)18)8-9-19(22)25-14(2)27/h5-6,9,15-18,20-21,28H,7-8,10-12H2,1-4H3,(H,24,26)(H,25,27)/t15-,16-,17-,18-,20?,21-,22-,23-/m0/s1. The number of nitrogens with one attached hydrogen (secondary N) is 2. The Labute approximate surface area is 168 Å². The second-order valence-electron chi connectivity index (χ2n) is 9.98. The highest BCUT2D eigenvalue weighted by atomic mass is 16.3. The molecule has 4 aliphatic carbocycles. The van der Waals surface area contributed by atoms with Crippen LogP contribution < -0.4 is 10.6 Å². The first-order valence-electron chi connectivity index (χ1n) is 10.8. The Bertz CT molecular complexity index is 744. The van der Waals surface area contributed by atoms with Gasteiger partial charge >= 0.3 is 0 Å². The van der Waals surface area contributed by atoms with E-state index in [4.69, 9.17) is 0 Å². The van der Waals surface area contributed by atoms with E-state index in [1.165, 1.54) is 0 Å². The Balaban J connectivity index is 1.72. The molecule has 4 aliphatic rings. The number of rotatable bonds is 2. The summed E-state index contributed by atoms with van der Waals surface area (Å²) in [5, 5.41) is 17.4. The third-order valence-electron chi connectivity index (χ3n) is 8.63. The van der Waals surface area contributed by atoms with Gasteiger partial charge in [0.2, 0.25) is 11.8 Å². The monoisotopic (exact) mass is 386 g/mol. The van der Waals surface area contributed by atoms with E-state index >= 15 is 0 Å². The normalized spacial score (nSPS) is 46.7. The first-order chi connectivity index (χ1) is 13.2. The van der Waals surface area contributed by atoms with Gasteiger partial charge in [-0.3, -0.25) is 9.59 Å². The molecule has 0 radical (unpaired) electrons. The second-order valence-corrected chi connectivity index (χ2v) is 9.98. The molecule has 0 bridgehead atoms. The zero-order valence-electron chi connectivity index (χ0n) is 17.5. The minimum Gasteiger partial charge on any atom is -0.392 e. The highest BCUT2D eigenvalue weighted by Gasteiger charge is 2.62. The van der Waals surface area contributed by atoms with Gasteiger partial charge < -0.3 is 15.7 Å². The maximum absolute atomic E-state index is 12.0. The van der Waals surface area contributed by atoms with Crippen molar-refractivity contribution in [3.8, 4) is 0 Å². The zero-order chi connectivity index (χ0) is 20.3. The third-order valence-corrected chi connectivity index (χ3v) is 8.63. The van der Waals surface area contributed by atoms with Crippen molar-refractivity contribution in [1.29, 1.82) is 0 Å². The average molecular weight is 387 g/mol. The van der Waals surface area contributed by atoms with E-state index < -0.39 is 0 Å². The lowest BCUT2D eigenvalue weighted by molar-refractivity contribution is -0.147. The van der Waals surface area contributed by atoms with Gasteiger partial charge in [0, 0.05) is 36.4 Å². The van der Waals surface area contributed by atoms with Crippen molar-refractivity contribution >= 4 is 11.8 Å². The molecule has 5 heteroatoms. The van der Waals surface area contributed by atoms with Gasteiger partial charge in [-0.05, 0) is 55.8 Å². The Kier molecular flexibility index (Phi) is 4.72. The molecule has 0 heterocycles. The molecule has 0 saturated heterocycles. The highest BCUT2D eigenvalue weighted by Crippen LogP contribution is 2.65. The molecule has 0 aromatic rings. The Morgan fingerprint density at radius 2 is 1.89 bits per heavy atom. The molecule has 0 spiro atoms. The van der Waals surface area contributed by atoms with Crippen LogP contribution in [0.5, 0.6) is 0 Å². The highest BCUT2D eigenvalue weighted by molar-refractivity contribution is 5.75. The minimum atomic E-state index is -0.332. The Hall–Kier alpha value is -1.62. The number of amides is 2. The molecule has 2 saturated carbocycles. The predicted molar refractivity (Wildman–Crippen MR) is 108 cm³/mol. The van der Waals surface area contributed by atoms with Crippen molar-refractivity contribution in [1.82, 2.24) is 10.6 Å². The third kappa shape index (κ3) is 2.77. The summed E-state index contributed by atoms with van der Waals surface area (Å²) in [7, 11) is 0. The van der Waals surface area contributed by atoms with Crippen LogP contribution in [0.15, 0.2) is 23.9 Å². The van der Waals surface area contributed by atoms with Crippen LogP contribution in [0.4, 0.5) is 0 Å². The molecule has 5 nitrogen and oxygen atoms in total. The molecule has 2 fully saturated rings.